The van der Waals surface area contributed by atoms with E-state index >= 15 is 0 Å². The second kappa shape index (κ2) is 6.72. The van der Waals surface area contributed by atoms with E-state index in [1.54, 1.807) is 25.5 Å². The molecule has 0 atom stereocenters. The van der Waals surface area contributed by atoms with Crippen molar-refractivity contribution in [3.05, 3.63) is 28.4 Å². The van der Waals surface area contributed by atoms with Crippen molar-refractivity contribution in [2.45, 2.75) is 0 Å². The number of likely N-dealkylation sites (N-methyl/N-ethyl adjacent to an activating group) is 1. The minimum absolute atomic E-state index is 0.272. The van der Waals surface area contributed by atoms with Crippen LogP contribution in [0.3, 0.4) is 0 Å². The molecule has 1 aliphatic heterocycles. The predicted molar refractivity (Wildman–Crippen MR) is 96.9 cm³/mol. The molecule has 1 saturated heterocycles. The van der Waals surface area contributed by atoms with E-state index in [0.717, 1.165) is 26.2 Å². The van der Waals surface area contributed by atoms with Crippen molar-refractivity contribution in [3.63, 3.8) is 0 Å². The fourth-order valence-electron chi connectivity index (χ4n) is 2.86. The molecule has 0 aromatic carbocycles. The van der Waals surface area contributed by atoms with Crippen LogP contribution >= 0.6 is 0 Å². The highest BCUT2D eigenvalue weighted by atomic mass is 16.6. The van der Waals surface area contributed by atoms with Gasteiger partial charge >= 0.3 is 5.95 Å². The fraction of sp³-hybridized carbons (Fsp3) is 0.400. The van der Waals surface area contributed by atoms with E-state index in [4.69, 9.17) is 0 Å². The highest BCUT2D eigenvalue weighted by Crippen LogP contribution is 2.22. The van der Waals surface area contributed by atoms with E-state index < -0.39 is 4.92 Å². The fourth-order valence-corrected chi connectivity index (χ4v) is 2.86. The Kier molecular flexibility index (Phi) is 4.24. The zero-order chi connectivity index (χ0) is 19.0. The molecule has 0 amide bonds. The number of fused-ring (bicyclic) bond motifs is 1. The van der Waals surface area contributed by atoms with E-state index in [2.05, 4.69) is 42.1 Å². The molecule has 12 nitrogen and oxygen atoms in total. The molecule has 0 aliphatic carbocycles. The third kappa shape index (κ3) is 3.21. The Bertz CT molecular complexity index is 1010. The molecule has 1 fully saturated rings. The average Bonchev–Trinajstić information content (AvgIpc) is 3.24. The standard InChI is InChI=1S/C15H18N10O2/c1-21-5-7-23(8-6-21)10-17-12-3-4-13-18-19-14(24(13)20-12)11-9-16-15(22(11)2)25(26)27/h3-4,9-10H,5-8H2,1-2H3. The van der Waals surface area contributed by atoms with Gasteiger partial charge in [-0.05, 0) is 24.1 Å². The summed E-state index contributed by atoms with van der Waals surface area (Å²) >= 11 is 0. The smallest absolute Gasteiger partial charge is 0.390 e. The summed E-state index contributed by atoms with van der Waals surface area (Å²) in [7, 11) is 3.65. The minimum Gasteiger partial charge on any atom is -0.390 e. The molecular formula is C15H18N10O2. The Balaban J connectivity index is 1.65. The summed E-state index contributed by atoms with van der Waals surface area (Å²) in [5, 5.41) is 23.6. The molecule has 0 saturated carbocycles. The molecule has 27 heavy (non-hydrogen) atoms. The molecule has 140 valence electrons. The Labute approximate surface area is 153 Å². The van der Waals surface area contributed by atoms with Gasteiger partial charge in [0.1, 0.15) is 6.20 Å². The highest BCUT2D eigenvalue weighted by molar-refractivity contribution is 5.61. The summed E-state index contributed by atoms with van der Waals surface area (Å²) in [6, 6.07) is 3.51. The Morgan fingerprint density at radius 2 is 1.96 bits per heavy atom. The van der Waals surface area contributed by atoms with Crippen LogP contribution < -0.4 is 0 Å². The van der Waals surface area contributed by atoms with Crippen LogP contribution in [0.15, 0.2) is 23.3 Å². The van der Waals surface area contributed by atoms with Gasteiger partial charge in [-0.1, -0.05) is 4.98 Å². The highest BCUT2D eigenvalue weighted by Gasteiger charge is 2.23. The molecule has 0 unspecified atom stereocenters. The number of nitrogens with zero attached hydrogens (tertiary/aromatic N) is 10. The number of hydrogen-bond acceptors (Lipinski definition) is 8. The van der Waals surface area contributed by atoms with E-state index in [9.17, 15) is 10.1 Å². The zero-order valence-electron chi connectivity index (χ0n) is 14.9. The van der Waals surface area contributed by atoms with Crippen molar-refractivity contribution in [3.8, 4) is 11.5 Å². The summed E-state index contributed by atoms with van der Waals surface area (Å²) in [5.74, 6) is 0.592. The summed E-state index contributed by atoms with van der Waals surface area (Å²) in [5.41, 5.74) is 0.967. The van der Waals surface area contributed by atoms with Gasteiger partial charge in [-0.2, -0.15) is 4.52 Å². The van der Waals surface area contributed by atoms with Gasteiger partial charge in [-0.3, -0.25) is 0 Å². The van der Waals surface area contributed by atoms with Crippen LogP contribution in [0.1, 0.15) is 0 Å². The Hall–Kier alpha value is -3.41. The third-order valence-corrected chi connectivity index (χ3v) is 4.50. The second-order valence-corrected chi connectivity index (χ2v) is 6.33. The molecule has 0 spiro atoms. The van der Waals surface area contributed by atoms with Gasteiger partial charge in [0.25, 0.3) is 0 Å². The number of nitro groups is 1. The predicted octanol–water partition coefficient (Wildman–Crippen LogP) is 0.340. The van der Waals surface area contributed by atoms with Crippen molar-refractivity contribution < 1.29 is 4.92 Å². The van der Waals surface area contributed by atoms with E-state index in [1.165, 1.54) is 15.3 Å². The van der Waals surface area contributed by atoms with Crippen LogP contribution in [0.2, 0.25) is 0 Å². The number of aromatic nitrogens is 6. The molecule has 0 radical (unpaired) electrons. The lowest BCUT2D eigenvalue weighted by atomic mass is 10.3. The van der Waals surface area contributed by atoms with Crippen LogP contribution in [0.4, 0.5) is 11.8 Å². The van der Waals surface area contributed by atoms with Crippen molar-refractivity contribution in [1.82, 2.24) is 39.2 Å². The van der Waals surface area contributed by atoms with Crippen LogP contribution in [-0.4, -0.2) is 83.7 Å². The van der Waals surface area contributed by atoms with Gasteiger partial charge in [0.2, 0.25) is 5.82 Å². The van der Waals surface area contributed by atoms with Crippen LogP contribution in [0, 0.1) is 10.1 Å². The maximum atomic E-state index is 11.0. The lowest BCUT2D eigenvalue weighted by Gasteiger charge is -2.30. The van der Waals surface area contributed by atoms with Crippen molar-refractivity contribution in [1.29, 1.82) is 0 Å². The average molecular weight is 370 g/mol. The van der Waals surface area contributed by atoms with Gasteiger partial charge in [0.05, 0.1) is 13.4 Å². The monoisotopic (exact) mass is 370 g/mol. The van der Waals surface area contributed by atoms with Gasteiger partial charge < -0.3 is 19.9 Å². The third-order valence-electron chi connectivity index (χ3n) is 4.50. The first-order valence-corrected chi connectivity index (χ1v) is 8.38. The van der Waals surface area contributed by atoms with Crippen molar-refractivity contribution >= 4 is 23.8 Å². The van der Waals surface area contributed by atoms with E-state index in [0.29, 0.717) is 23.0 Å². The first-order valence-electron chi connectivity index (χ1n) is 8.38. The Morgan fingerprint density at radius 3 is 2.67 bits per heavy atom. The lowest BCUT2D eigenvalue weighted by Crippen LogP contribution is -2.43. The van der Waals surface area contributed by atoms with Crippen LogP contribution in [-0.2, 0) is 7.05 Å². The molecule has 12 heteroatoms. The van der Waals surface area contributed by atoms with Gasteiger partial charge in [0, 0.05) is 26.2 Å². The molecular weight excluding hydrogens is 352 g/mol. The molecule has 4 rings (SSSR count). The van der Waals surface area contributed by atoms with Crippen LogP contribution in [0.25, 0.3) is 17.2 Å². The number of hydrogen-bond donors (Lipinski definition) is 0. The molecule has 3 aromatic rings. The summed E-state index contributed by atoms with van der Waals surface area (Å²) in [6.07, 6.45) is 3.18. The Morgan fingerprint density at radius 1 is 1.19 bits per heavy atom. The van der Waals surface area contributed by atoms with Gasteiger partial charge in [-0.15, -0.1) is 15.3 Å². The topological polar surface area (TPSA) is 123 Å². The quantitative estimate of drug-likeness (QED) is 0.279. The van der Waals surface area contributed by atoms with Crippen LogP contribution in [0.5, 0.6) is 0 Å². The maximum Gasteiger partial charge on any atom is 0.434 e. The molecule has 0 N–H and O–H groups in total. The van der Waals surface area contributed by atoms with Gasteiger partial charge in [0.15, 0.2) is 17.2 Å². The van der Waals surface area contributed by atoms with E-state index in [-0.39, 0.29) is 5.95 Å². The first kappa shape index (κ1) is 17.0. The number of rotatable bonds is 4. The first-order chi connectivity index (χ1) is 13.0. The van der Waals surface area contributed by atoms with E-state index in [1.807, 2.05) is 0 Å². The number of piperazine rings is 1. The SMILES string of the molecule is CN1CCN(C=Nc2ccc3nnc(-c4cnc([N+](=O)[O-])n4C)n3n2)CC1. The lowest BCUT2D eigenvalue weighted by molar-refractivity contribution is -0.396. The number of imidazole rings is 1. The normalized spacial score (nSPS) is 15.9. The largest absolute Gasteiger partial charge is 0.434 e. The summed E-state index contributed by atoms with van der Waals surface area (Å²) in [4.78, 5) is 23.1. The summed E-state index contributed by atoms with van der Waals surface area (Å²) < 4.78 is 2.86. The minimum atomic E-state index is -0.550. The van der Waals surface area contributed by atoms with Gasteiger partial charge in [-0.25, -0.2) is 9.56 Å². The summed E-state index contributed by atoms with van der Waals surface area (Å²) in [6.45, 7) is 3.82. The second-order valence-electron chi connectivity index (χ2n) is 6.33. The molecule has 3 aromatic heterocycles. The molecule has 1 aliphatic rings. The molecule has 4 heterocycles. The van der Waals surface area contributed by atoms with Crippen molar-refractivity contribution in [2.75, 3.05) is 33.2 Å². The molecule has 0 bridgehead atoms. The maximum absolute atomic E-state index is 11.0. The number of aliphatic imine (C=N–C) groups is 1. The van der Waals surface area contributed by atoms with Crippen molar-refractivity contribution in [2.24, 2.45) is 12.0 Å². The zero-order valence-corrected chi connectivity index (χ0v) is 14.9.